The van der Waals surface area contributed by atoms with Crippen LogP contribution in [0.3, 0.4) is 0 Å². The van der Waals surface area contributed by atoms with Crippen molar-refractivity contribution in [1.29, 1.82) is 0 Å². The molecule has 0 N–H and O–H groups in total. The molecule has 1 aliphatic carbocycles. The highest BCUT2D eigenvalue weighted by molar-refractivity contribution is 6.21. The molecule has 0 saturated carbocycles. The van der Waals surface area contributed by atoms with Crippen molar-refractivity contribution in [1.82, 2.24) is 19.5 Å². The standard InChI is InChI=1S/C50H36N4/c1-33-11-10-17-41(31-33)50-52-48(38-15-6-3-7-16-38)51-49(53-50)39-21-19-35(20-22-39)36-23-27-42(28-24-36)54-45-30-26-37-14-8-9-18-43(37)47(45)44-29-25-40(32-46(44)54)34-12-4-2-5-13-34/h2-30,32-33H,31H2,1H3. The zero-order valence-electron chi connectivity index (χ0n) is 29.9. The van der Waals surface area contributed by atoms with Gasteiger partial charge in [-0.1, -0.05) is 165 Å². The Morgan fingerprint density at radius 1 is 0.481 bits per heavy atom. The first-order valence-electron chi connectivity index (χ1n) is 18.6. The van der Waals surface area contributed by atoms with E-state index in [2.05, 4.69) is 175 Å². The predicted molar refractivity (Wildman–Crippen MR) is 224 cm³/mol. The molecule has 2 aromatic heterocycles. The summed E-state index contributed by atoms with van der Waals surface area (Å²) in [5.74, 6) is 2.55. The van der Waals surface area contributed by atoms with E-state index >= 15 is 0 Å². The molecule has 0 bridgehead atoms. The van der Waals surface area contributed by atoms with Gasteiger partial charge in [0.05, 0.1) is 11.0 Å². The van der Waals surface area contributed by atoms with Crippen LogP contribution < -0.4 is 0 Å². The van der Waals surface area contributed by atoms with Crippen LogP contribution in [0.25, 0.3) is 88.9 Å². The van der Waals surface area contributed by atoms with Gasteiger partial charge in [-0.25, -0.2) is 15.0 Å². The average Bonchev–Trinajstić information content (AvgIpc) is 3.58. The van der Waals surface area contributed by atoms with Crippen LogP contribution in [-0.2, 0) is 0 Å². The van der Waals surface area contributed by atoms with Crippen LogP contribution >= 0.6 is 0 Å². The van der Waals surface area contributed by atoms with Gasteiger partial charge in [-0.3, -0.25) is 0 Å². The molecule has 256 valence electrons. The topological polar surface area (TPSA) is 43.6 Å². The second-order valence-corrected chi connectivity index (χ2v) is 14.2. The molecular formula is C50H36N4. The zero-order valence-corrected chi connectivity index (χ0v) is 29.9. The minimum atomic E-state index is 0.442. The quantitative estimate of drug-likeness (QED) is 0.174. The minimum absolute atomic E-state index is 0.442. The van der Waals surface area contributed by atoms with E-state index in [1.165, 1.54) is 43.7 Å². The summed E-state index contributed by atoms with van der Waals surface area (Å²) in [6.07, 6.45) is 7.37. The maximum Gasteiger partial charge on any atom is 0.164 e. The average molecular weight is 693 g/mol. The third-order valence-corrected chi connectivity index (χ3v) is 10.6. The summed E-state index contributed by atoms with van der Waals surface area (Å²) in [4.78, 5) is 14.9. The summed E-state index contributed by atoms with van der Waals surface area (Å²) < 4.78 is 2.41. The second kappa shape index (κ2) is 13.3. The number of aromatic nitrogens is 4. The van der Waals surface area contributed by atoms with Crippen molar-refractivity contribution >= 4 is 38.2 Å². The van der Waals surface area contributed by atoms with Crippen LogP contribution in [0.15, 0.2) is 182 Å². The molecule has 1 unspecified atom stereocenters. The molecule has 2 heterocycles. The lowest BCUT2D eigenvalue weighted by Gasteiger charge is -2.15. The number of nitrogens with zero attached hydrogens (tertiary/aromatic N) is 4. The summed E-state index contributed by atoms with van der Waals surface area (Å²) in [6, 6.07) is 58.4. The summed E-state index contributed by atoms with van der Waals surface area (Å²) in [5, 5.41) is 5.05. The molecule has 1 atom stereocenters. The van der Waals surface area contributed by atoms with E-state index in [0.29, 0.717) is 17.6 Å². The molecule has 0 saturated heterocycles. The van der Waals surface area contributed by atoms with Crippen molar-refractivity contribution in [3.63, 3.8) is 0 Å². The molecular weight excluding hydrogens is 657 g/mol. The Kier molecular flexibility index (Phi) is 7.80. The van der Waals surface area contributed by atoms with Gasteiger partial charge < -0.3 is 4.57 Å². The van der Waals surface area contributed by atoms with E-state index in [1.54, 1.807) is 0 Å². The van der Waals surface area contributed by atoms with Crippen LogP contribution in [-0.4, -0.2) is 19.5 Å². The normalized spacial score (nSPS) is 14.2. The maximum absolute atomic E-state index is 5.00. The fraction of sp³-hybridized carbons (Fsp3) is 0.0600. The molecule has 7 aromatic carbocycles. The third-order valence-electron chi connectivity index (χ3n) is 10.6. The molecule has 4 nitrogen and oxygen atoms in total. The molecule has 4 heteroatoms. The zero-order chi connectivity index (χ0) is 36.0. The van der Waals surface area contributed by atoms with E-state index in [1.807, 2.05) is 18.2 Å². The first-order chi connectivity index (χ1) is 26.7. The Morgan fingerprint density at radius 3 is 1.78 bits per heavy atom. The fourth-order valence-corrected chi connectivity index (χ4v) is 7.87. The molecule has 54 heavy (non-hydrogen) atoms. The smallest absolute Gasteiger partial charge is 0.164 e. The summed E-state index contributed by atoms with van der Waals surface area (Å²) in [7, 11) is 0. The Labute approximate surface area is 314 Å². The van der Waals surface area contributed by atoms with Crippen LogP contribution in [0.5, 0.6) is 0 Å². The lowest BCUT2D eigenvalue weighted by Crippen LogP contribution is -2.06. The van der Waals surface area contributed by atoms with Gasteiger partial charge in [-0.05, 0) is 75.2 Å². The highest BCUT2D eigenvalue weighted by Gasteiger charge is 2.18. The number of rotatable bonds is 6. The molecule has 0 spiro atoms. The van der Waals surface area contributed by atoms with E-state index in [9.17, 15) is 0 Å². The molecule has 0 fully saturated rings. The van der Waals surface area contributed by atoms with Gasteiger partial charge in [-0.2, -0.15) is 0 Å². The van der Waals surface area contributed by atoms with Crippen molar-refractivity contribution in [2.75, 3.05) is 0 Å². The molecule has 0 aliphatic heterocycles. The lowest BCUT2D eigenvalue weighted by molar-refractivity contribution is 0.742. The Morgan fingerprint density at radius 2 is 1.06 bits per heavy atom. The predicted octanol–water partition coefficient (Wildman–Crippen LogP) is 12.8. The SMILES string of the molecule is CC1C=CC=C(c2nc(-c3ccccc3)nc(-c3ccc(-c4ccc(-n5c6cc(-c7ccccc7)ccc6c6c7ccccc7ccc65)cc4)cc3)n2)C1. The molecule has 0 amide bonds. The fourth-order valence-electron chi connectivity index (χ4n) is 7.87. The minimum Gasteiger partial charge on any atom is -0.309 e. The van der Waals surface area contributed by atoms with Gasteiger partial charge in [-0.15, -0.1) is 0 Å². The van der Waals surface area contributed by atoms with Crippen LogP contribution in [0, 0.1) is 5.92 Å². The van der Waals surface area contributed by atoms with Gasteiger partial charge in [0, 0.05) is 27.6 Å². The largest absolute Gasteiger partial charge is 0.309 e. The van der Waals surface area contributed by atoms with Crippen molar-refractivity contribution in [2.45, 2.75) is 13.3 Å². The van der Waals surface area contributed by atoms with Crippen LogP contribution in [0.1, 0.15) is 19.2 Å². The van der Waals surface area contributed by atoms with Crippen molar-refractivity contribution in [2.24, 2.45) is 5.92 Å². The van der Waals surface area contributed by atoms with E-state index in [-0.39, 0.29) is 0 Å². The van der Waals surface area contributed by atoms with Gasteiger partial charge in [0.15, 0.2) is 17.5 Å². The number of hydrogen-bond donors (Lipinski definition) is 0. The van der Waals surface area contributed by atoms with Crippen molar-refractivity contribution in [3.05, 3.63) is 188 Å². The number of fused-ring (bicyclic) bond motifs is 5. The summed E-state index contributed by atoms with van der Waals surface area (Å²) >= 11 is 0. The lowest BCUT2D eigenvalue weighted by atomic mass is 9.95. The first kappa shape index (κ1) is 31.8. The first-order valence-corrected chi connectivity index (χ1v) is 18.6. The van der Waals surface area contributed by atoms with Gasteiger partial charge in [0.2, 0.25) is 0 Å². The maximum atomic E-state index is 5.00. The summed E-state index contributed by atoms with van der Waals surface area (Å²) in [6.45, 7) is 2.22. The van der Waals surface area contributed by atoms with Crippen LogP contribution in [0.2, 0.25) is 0 Å². The molecule has 9 aromatic rings. The van der Waals surface area contributed by atoms with Gasteiger partial charge in [0.25, 0.3) is 0 Å². The van der Waals surface area contributed by atoms with Gasteiger partial charge in [0.1, 0.15) is 0 Å². The highest BCUT2D eigenvalue weighted by Crippen LogP contribution is 2.39. The molecule has 10 rings (SSSR count). The Balaban J connectivity index is 1.03. The second-order valence-electron chi connectivity index (χ2n) is 14.2. The van der Waals surface area contributed by atoms with Gasteiger partial charge >= 0.3 is 0 Å². The number of allylic oxidation sites excluding steroid dienone is 4. The monoisotopic (exact) mass is 692 g/mol. The van der Waals surface area contributed by atoms with Crippen molar-refractivity contribution < 1.29 is 0 Å². The van der Waals surface area contributed by atoms with E-state index in [4.69, 9.17) is 15.0 Å². The number of benzene rings is 7. The third kappa shape index (κ3) is 5.69. The Hall–Kier alpha value is -6.91. The highest BCUT2D eigenvalue weighted by atomic mass is 15.0. The Bertz CT molecular complexity index is 2880. The van der Waals surface area contributed by atoms with Crippen molar-refractivity contribution in [3.8, 4) is 50.7 Å². The molecule has 0 radical (unpaired) electrons. The summed E-state index contributed by atoms with van der Waals surface area (Å²) in [5.41, 5.74) is 11.3. The van der Waals surface area contributed by atoms with Crippen LogP contribution in [0.4, 0.5) is 0 Å². The molecule has 1 aliphatic rings. The van der Waals surface area contributed by atoms with E-state index < -0.39 is 0 Å². The van der Waals surface area contributed by atoms with E-state index in [0.717, 1.165) is 45.8 Å². The number of hydrogen-bond acceptors (Lipinski definition) is 3.